The predicted octanol–water partition coefficient (Wildman–Crippen LogP) is -2.48. The van der Waals surface area contributed by atoms with Gasteiger partial charge in [0.25, 0.3) is 0 Å². The Morgan fingerprint density at radius 2 is 1.06 bits per heavy atom. The second-order valence-corrected chi connectivity index (χ2v) is 9.50. The second-order valence-electron chi connectivity index (χ2n) is 6.69. The fourth-order valence-electron chi connectivity index (χ4n) is 2.25. The van der Waals surface area contributed by atoms with Gasteiger partial charge in [0, 0.05) is 23.9 Å². The van der Waals surface area contributed by atoms with Crippen molar-refractivity contribution in [2.75, 3.05) is 23.1 Å². The molecule has 1 heterocycles. The molecule has 3 aromatic rings. The first-order chi connectivity index (χ1) is 14.7. The van der Waals surface area contributed by atoms with Crippen molar-refractivity contribution in [1.82, 2.24) is 4.98 Å². The van der Waals surface area contributed by atoms with Crippen molar-refractivity contribution in [2.45, 2.75) is 13.8 Å². The maximum atomic E-state index is 9.08. The smallest absolute Gasteiger partial charge is 0.748 e. The van der Waals surface area contributed by atoms with E-state index in [0.29, 0.717) is 12.5 Å². The molecule has 34 heavy (non-hydrogen) atoms. The molecule has 174 valence electrons. The van der Waals surface area contributed by atoms with E-state index in [1.807, 2.05) is 60.7 Å². The van der Waals surface area contributed by atoms with Crippen LogP contribution in [0, 0.1) is 13.8 Å². The first kappa shape index (κ1) is 35.2. The van der Waals surface area contributed by atoms with E-state index >= 15 is 0 Å². The summed E-state index contributed by atoms with van der Waals surface area (Å²) in [5, 5.41) is 6.74. The maximum absolute atomic E-state index is 9.08. The van der Waals surface area contributed by atoms with Crippen LogP contribution in [0.3, 0.4) is 0 Å². The summed E-state index contributed by atoms with van der Waals surface area (Å²) < 4.78 is 54.5. The van der Waals surface area contributed by atoms with E-state index in [1.165, 1.54) is 5.56 Å². The van der Waals surface area contributed by atoms with Gasteiger partial charge in [0.1, 0.15) is 11.6 Å². The third kappa shape index (κ3) is 18.4. The van der Waals surface area contributed by atoms with Crippen LogP contribution in [0.1, 0.15) is 11.1 Å². The first-order valence-corrected chi connectivity index (χ1v) is 12.8. The summed E-state index contributed by atoms with van der Waals surface area (Å²) in [6.07, 6.45) is 1.21. The van der Waals surface area contributed by atoms with E-state index in [-0.39, 0.29) is 59.1 Å². The molecule has 2 aromatic carbocycles. The molecule has 9 nitrogen and oxygen atoms in total. The summed E-state index contributed by atoms with van der Waals surface area (Å²) in [6.45, 7) is 4.18. The maximum Gasteiger partial charge on any atom is 1.00 e. The number of hydrogen-bond acceptors (Lipinski definition) is 9. The minimum Gasteiger partial charge on any atom is -0.748 e. The van der Waals surface area contributed by atoms with Gasteiger partial charge in [-0.25, -0.2) is 21.8 Å². The van der Waals surface area contributed by atoms with Gasteiger partial charge in [0.2, 0.25) is 0 Å². The van der Waals surface area contributed by atoms with E-state index < -0.39 is 20.2 Å². The van der Waals surface area contributed by atoms with E-state index in [1.54, 1.807) is 0 Å². The van der Waals surface area contributed by atoms with Crippen LogP contribution >= 0.6 is 0 Å². The van der Waals surface area contributed by atoms with E-state index in [9.17, 15) is 0 Å². The van der Waals surface area contributed by atoms with Gasteiger partial charge >= 0.3 is 59.1 Å². The molecule has 0 aliphatic carbocycles. The van der Waals surface area contributed by atoms with Crippen LogP contribution in [0.2, 0.25) is 0 Å². The topological polar surface area (TPSA) is 151 Å². The van der Waals surface area contributed by atoms with Crippen LogP contribution in [-0.2, 0) is 20.2 Å². The zero-order chi connectivity index (χ0) is 24.4. The van der Waals surface area contributed by atoms with Gasteiger partial charge in [0.05, 0.1) is 20.2 Å². The summed E-state index contributed by atoms with van der Waals surface area (Å²) in [5.74, 6) is 1.72. The van der Waals surface area contributed by atoms with Crippen molar-refractivity contribution >= 4 is 43.2 Å². The first-order valence-electron chi connectivity index (χ1n) is 9.16. The van der Waals surface area contributed by atoms with Crippen molar-refractivity contribution in [1.29, 1.82) is 0 Å². The standard InChI is InChI=1S/C19H19N3.2CH4O3S.2Na/c1-14-13-18(20-16-9-5-3-6-10-16)22-19(15(14)2)21-17-11-7-4-8-12-17;2*1-5(2,3)4;;/h3-13H,1-2H3,(H2,20,21,22);2*1H3,(H,2,3,4);;/q;;;2*+1/p-2. The molecule has 0 amide bonds. The Morgan fingerprint density at radius 1 is 0.706 bits per heavy atom. The number of hydrogen-bond donors (Lipinski definition) is 2. The molecule has 3 rings (SSSR count). The van der Waals surface area contributed by atoms with Crippen molar-refractivity contribution in [3.05, 3.63) is 77.9 Å². The van der Waals surface area contributed by atoms with Crippen LogP contribution in [0.15, 0.2) is 66.7 Å². The fourth-order valence-corrected chi connectivity index (χ4v) is 2.25. The Morgan fingerprint density at radius 3 is 1.44 bits per heavy atom. The molecular weight excluding hydrogens is 500 g/mol. The van der Waals surface area contributed by atoms with Gasteiger partial charge in [0.15, 0.2) is 0 Å². The summed E-state index contributed by atoms with van der Waals surface area (Å²) in [7, 11) is -7.83. The number of aryl methyl sites for hydroxylation is 1. The summed E-state index contributed by atoms with van der Waals surface area (Å²) in [5.41, 5.74) is 4.42. The van der Waals surface area contributed by atoms with Crippen molar-refractivity contribution in [3.8, 4) is 0 Å². The fraction of sp³-hybridized carbons (Fsp3) is 0.190. The molecule has 2 N–H and O–H groups in total. The largest absolute Gasteiger partial charge is 1.00 e. The van der Waals surface area contributed by atoms with Crippen molar-refractivity contribution in [2.24, 2.45) is 0 Å². The SMILES string of the molecule is CS(=O)(=O)[O-].CS(=O)(=O)[O-].Cc1cc(Nc2ccccc2)nc(Nc2ccccc2)c1C.[Na+].[Na+]. The average Bonchev–Trinajstić information content (AvgIpc) is 2.65. The number of nitrogens with one attached hydrogen (secondary N) is 2. The van der Waals surface area contributed by atoms with Gasteiger partial charge in [-0.2, -0.15) is 0 Å². The van der Waals surface area contributed by atoms with Gasteiger partial charge in [-0.15, -0.1) is 0 Å². The van der Waals surface area contributed by atoms with E-state index in [4.69, 9.17) is 30.9 Å². The average molecular weight is 526 g/mol. The van der Waals surface area contributed by atoms with Gasteiger partial charge in [-0.3, -0.25) is 0 Å². The normalized spacial score (nSPS) is 10.1. The number of nitrogens with zero attached hydrogens (tertiary/aromatic N) is 1. The minimum absolute atomic E-state index is 0. The molecule has 0 atom stereocenters. The summed E-state index contributed by atoms with van der Waals surface area (Å²) in [4.78, 5) is 4.70. The molecule has 0 spiro atoms. The quantitative estimate of drug-likeness (QED) is 0.279. The molecule has 0 unspecified atom stereocenters. The Hall–Kier alpha value is -0.990. The number of benzene rings is 2. The van der Waals surface area contributed by atoms with Crippen LogP contribution in [-0.4, -0.2) is 43.4 Å². The molecule has 0 bridgehead atoms. The number of anilines is 4. The van der Waals surface area contributed by atoms with Crippen LogP contribution in [0.25, 0.3) is 0 Å². The number of aromatic nitrogens is 1. The Kier molecular flexibility index (Phi) is 17.2. The van der Waals surface area contributed by atoms with Crippen molar-refractivity contribution < 1.29 is 85.1 Å². The van der Waals surface area contributed by atoms with Crippen LogP contribution in [0.5, 0.6) is 0 Å². The van der Waals surface area contributed by atoms with Gasteiger partial charge in [-0.05, 0) is 55.3 Å². The van der Waals surface area contributed by atoms with Gasteiger partial charge < -0.3 is 19.7 Å². The van der Waals surface area contributed by atoms with Gasteiger partial charge in [-0.1, -0.05) is 36.4 Å². The third-order valence-electron chi connectivity index (χ3n) is 3.61. The van der Waals surface area contributed by atoms with Crippen molar-refractivity contribution in [3.63, 3.8) is 0 Å². The molecular formula is C21H25N3Na2O6S2. The molecule has 0 saturated heterocycles. The molecule has 0 fully saturated rings. The van der Waals surface area contributed by atoms with Crippen LogP contribution in [0.4, 0.5) is 23.0 Å². The summed E-state index contributed by atoms with van der Waals surface area (Å²) in [6, 6.07) is 22.2. The molecule has 0 aliphatic rings. The zero-order valence-corrected chi connectivity index (χ0v) is 25.7. The van der Waals surface area contributed by atoms with Crippen LogP contribution < -0.4 is 69.7 Å². The third-order valence-corrected chi connectivity index (χ3v) is 3.61. The monoisotopic (exact) mass is 525 g/mol. The van der Waals surface area contributed by atoms with E-state index in [0.717, 1.165) is 28.6 Å². The minimum atomic E-state index is -3.92. The molecule has 1 aromatic heterocycles. The molecule has 0 aliphatic heterocycles. The number of para-hydroxylation sites is 2. The zero-order valence-electron chi connectivity index (χ0n) is 20.1. The molecule has 0 radical (unpaired) electrons. The number of pyridine rings is 1. The number of rotatable bonds is 4. The Bertz CT molecular complexity index is 1170. The Labute approximate surface area is 245 Å². The summed E-state index contributed by atoms with van der Waals surface area (Å²) >= 11 is 0. The molecule has 0 saturated carbocycles. The second kappa shape index (κ2) is 16.6. The molecule has 13 heteroatoms. The predicted molar refractivity (Wildman–Crippen MR) is 124 cm³/mol. The Balaban J connectivity index is 0. The van der Waals surface area contributed by atoms with E-state index in [2.05, 4.69) is 30.5 Å².